The van der Waals surface area contributed by atoms with E-state index < -0.39 is 124 Å². The Morgan fingerprint density at radius 1 is 0.319 bits per heavy atom. The second kappa shape index (κ2) is 75.7. The average Bonchev–Trinajstić information content (AvgIpc) is 0.783. The summed E-state index contributed by atoms with van der Waals surface area (Å²) in [4.78, 5) is 13.6. The number of unbranched alkanes of at least 4 members (excludes halogenated alkanes) is 48. The van der Waals surface area contributed by atoms with Crippen molar-refractivity contribution in [2.75, 3.05) is 26.4 Å². The Morgan fingerprint density at radius 3 is 0.931 bits per heavy atom. The highest BCUT2D eigenvalue weighted by Crippen LogP contribution is 2.34. The van der Waals surface area contributed by atoms with Gasteiger partial charge < -0.3 is 89.9 Å². The maximum absolute atomic E-state index is 13.6. The van der Waals surface area contributed by atoms with Crippen LogP contribution in [0.4, 0.5) is 0 Å². The third kappa shape index (κ3) is 53.1. The molecule has 676 valence electrons. The number of aliphatic hydroxyl groups is 11. The number of hydrogen-bond acceptors (Lipinski definition) is 18. The largest absolute Gasteiger partial charge is 0.394 e. The van der Waals surface area contributed by atoms with E-state index in [1.54, 1.807) is 0 Å². The molecule has 0 aromatic rings. The predicted molar refractivity (Wildman–Crippen MR) is 471 cm³/mol. The number of rotatable bonds is 78. The maximum atomic E-state index is 13.6. The monoisotopic (exact) mass is 1640 g/mol. The number of aliphatic hydroxyl groups excluding tert-OH is 11. The van der Waals surface area contributed by atoms with Crippen molar-refractivity contribution in [1.29, 1.82) is 0 Å². The van der Waals surface area contributed by atoms with E-state index in [4.69, 9.17) is 28.4 Å². The summed E-state index contributed by atoms with van der Waals surface area (Å²) in [6.45, 7) is 1.75. The molecule has 0 spiro atoms. The minimum absolute atomic E-state index is 0.237. The van der Waals surface area contributed by atoms with Crippen molar-refractivity contribution in [2.45, 2.75) is 497 Å². The fourth-order valence-electron chi connectivity index (χ4n) is 15.9. The number of hydrogen-bond donors (Lipinski definition) is 12. The molecule has 0 aromatic heterocycles. The van der Waals surface area contributed by atoms with Crippen LogP contribution in [-0.4, -0.2) is 193 Å². The zero-order valence-corrected chi connectivity index (χ0v) is 73.2. The molecule has 0 radical (unpaired) electrons. The number of nitrogens with one attached hydrogen (secondary N) is 1. The Balaban J connectivity index is 1.29. The summed E-state index contributed by atoms with van der Waals surface area (Å²) in [5.41, 5.74) is 0. The number of amides is 1. The Bertz CT molecular complexity index is 2420. The van der Waals surface area contributed by atoms with Crippen molar-refractivity contribution in [3.05, 3.63) is 85.1 Å². The van der Waals surface area contributed by atoms with Crippen LogP contribution in [0.1, 0.15) is 393 Å². The second-order valence-electron chi connectivity index (χ2n) is 33.8. The minimum Gasteiger partial charge on any atom is -0.394 e. The van der Waals surface area contributed by atoms with Crippen LogP contribution in [0.25, 0.3) is 0 Å². The van der Waals surface area contributed by atoms with Crippen molar-refractivity contribution < 1.29 is 89.4 Å². The summed E-state index contributed by atoms with van der Waals surface area (Å²) in [6, 6.07) is -0.892. The Hall–Kier alpha value is -3.03. The molecule has 3 rings (SSSR count). The van der Waals surface area contributed by atoms with Gasteiger partial charge in [0.05, 0.1) is 38.6 Å². The van der Waals surface area contributed by atoms with Gasteiger partial charge in [0.1, 0.15) is 73.2 Å². The molecule has 0 aliphatic carbocycles. The van der Waals surface area contributed by atoms with Crippen molar-refractivity contribution in [1.82, 2.24) is 5.32 Å². The van der Waals surface area contributed by atoms with Gasteiger partial charge in [0.2, 0.25) is 5.91 Å². The van der Waals surface area contributed by atoms with Gasteiger partial charge in [-0.1, -0.05) is 401 Å². The summed E-state index contributed by atoms with van der Waals surface area (Å²) in [5.74, 6) is -0.237. The van der Waals surface area contributed by atoms with Gasteiger partial charge in [-0.05, 0) is 70.6 Å². The molecule has 3 fully saturated rings. The summed E-state index contributed by atoms with van der Waals surface area (Å²) in [7, 11) is 0. The number of ether oxygens (including phenoxy) is 6. The first-order valence-electron chi connectivity index (χ1n) is 47.8. The summed E-state index contributed by atoms with van der Waals surface area (Å²) < 4.78 is 34.6. The zero-order valence-electron chi connectivity index (χ0n) is 73.2. The molecule has 0 bridgehead atoms. The van der Waals surface area contributed by atoms with Crippen molar-refractivity contribution in [3.8, 4) is 0 Å². The van der Waals surface area contributed by atoms with Crippen LogP contribution < -0.4 is 5.32 Å². The van der Waals surface area contributed by atoms with Gasteiger partial charge in [0.25, 0.3) is 0 Å². The summed E-state index contributed by atoms with van der Waals surface area (Å²) in [5, 5.41) is 122. The van der Waals surface area contributed by atoms with Crippen molar-refractivity contribution >= 4 is 5.91 Å². The van der Waals surface area contributed by atoms with Gasteiger partial charge in [0.15, 0.2) is 18.9 Å². The van der Waals surface area contributed by atoms with Crippen LogP contribution in [0, 0.1) is 0 Å². The van der Waals surface area contributed by atoms with E-state index in [1.165, 1.54) is 270 Å². The molecule has 3 saturated heterocycles. The zero-order chi connectivity index (χ0) is 83.8. The van der Waals surface area contributed by atoms with Crippen LogP contribution in [-0.2, 0) is 33.2 Å². The third-order valence-corrected chi connectivity index (χ3v) is 23.5. The van der Waals surface area contributed by atoms with E-state index in [-0.39, 0.29) is 18.9 Å². The molecule has 3 aliphatic heterocycles. The van der Waals surface area contributed by atoms with Gasteiger partial charge in [-0.3, -0.25) is 4.79 Å². The lowest BCUT2D eigenvalue weighted by Crippen LogP contribution is -2.66. The van der Waals surface area contributed by atoms with E-state index in [1.807, 2.05) is 0 Å². The summed E-state index contributed by atoms with van der Waals surface area (Å²) in [6.07, 6.45) is 77.0. The van der Waals surface area contributed by atoms with Crippen LogP contribution >= 0.6 is 0 Å². The highest BCUT2D eigenvalue weighted by molar-refractivity contribution is 5.76. The Morgan fingerprint density at radius 2 is 0.595 bits per heavy atom. The van der Waals surface area contributed by atoms with Gasteiger partial charge in [0, 0.05) is 6.42 Å². The highest BCUT2D eigenvalue weighted by atomic mass is 16.8. The lowest BCUT2D eigenvalue weighted by Gasteiger charge is -2.48. The number of carbonyl (C=O) groups is 1. The van der Waals surface area contributed by atoms with Gasteiger partial charge in [-0.15, -0.1) is 0 Å². The first-order valence-corrected chi connectivity index (χ1v) is 47.8. The smallest absolute Gasteiger partial charge is 0.220 e. The summed E-state index contributed by atoms with van der Waals surface area (Å²) >= 11 is 0. The van der Waals surface area contributed by atoms with Gasteiger partial charge >= 0.3 is 0 Å². The predicted octanol–water partition coefficient (Wildman–Crippen LogP) is 19.2. The molecular weight excluding hydrogens is 1470 g/mol. The highest BCUT2D eigenvalue weighted by Gasteiger charge is 2.54. The minimum atomic E-state index is -1.98. The third-order valence-electron chi connectivity index (χ3n) is 23.5. The number of carbonyl (C=O) groups excluding carboxylic acids is 1. The van der Waals surface area contributed by atoms with E-state index in [0.29, 0.717) is 12.8 Å². The van der Waals surface area contributed by atoms with Crippen LogP contribution in [0.3, 0.4) is 0 Å². The second-order valence-corrected chi connectivity index (χ2v) is 33.8. The van der Waals surface area contributed by atoms with Crippen molar-refractivity contribution in [3.63, 3.8) is 0 Å². The molecule has 17 atom stereocenters. The molecule has 17 unspecified atom stereocenters. The van der Waals surface area contributed by atoms with Crippen LogP contribution in [0.15, 0.2) is 85.1 Å². The fraction of sp³-hybridized carbons (Fsp3) is 0.845. The normalized spacial score (nSPS) is 24.9. The van der Waals surface area contributed by atoms with Gasteiger partial charge in [-0.25, -0.2) is 0 Å². The molecule has 3 aliphatic rings. The molecule has 3 heterocycles. The van der Waals surface area contributed by atoms with Crippen LogP contribution in [0.5, 0.6) is 0 Å². The molecule has 19 nitrogen and oxygen atoms in total. The molecule has 12 N–H and O–H groups in total. The SMILES string of the molecule is CC/C=C\C/C=C\C/C=C\C/C=C\C/C=C\C/C=C\C/C=C\CCCCCCCCCCCCCCCCCCCCCC(=O)NC(COC1OC(CO)C(OC2OC(CO)C(OC3OC(CO)C(O)C(O)C3O)C(O)C2O)C(O)C1O)C(O)CCCCCCCCCCCCCCCCCCCCCCCCCCCCCCCC. The van der Waals surface area contributed by atoms with Gasteiger partial charge in [-0.2, -0.15) is 0 Å². The fourth-order valence-corrected chi connectivity index (χ4v) is 15.9. The van der Waals surface area contributed by atoms with Crippen LogP contribution in [0.2, 0.25) is 0 Å². The van der Waals surface area contributed by atoms with E-state index >= 15 is 0 Å². The van der Waals surface area contributed by atoms with E-state index in [9.17, 15) is 61.0 Å². The maximum Gasteiger partial charge on any atom is 0.220 e. The Kier molecular flexibility index (Phi) is 69.9. The lowest BCUT2D eigenvalue weighted by molar-refractivity contribution is -0.379. The first kappa shape index (κ1) is 107. The van der Waals surface area contributed by atoms with E-state index in [0.717, 1.165) is 89.9 Å². The standard InChI is InChI=1S/C97H175NO18/c1-3-5-7-9-11-13-15-17-19-21-23-25-27-29-31-33-35-36-37-38-39-40-41-42-43-44-45-47-49-51-53-55-57-59-61-63-65-67-69-71-73-75-85(103)98-80(81(102)74-72-70-68-66-64-62-60-58-56-54-52-50-48-46-34-32-30-28-26-24-22-20-18-16-14-12-10-8-6-4-2)79-111-95-91(109)88(106)93(83(77-100)113-95)116-97-92(110)89(107)94(84(78-101)114-97)115-96-90(108)87(105)86(104)82(76-99)112-96/h5,7,11,13,17,19,23,25,29,31,35-36,38-39,80-84,86-97,99-102,104-110H,3-4,6,8-10,12,14-16,18,20-22,24,26-28,30,32-34,37,40-79H2,1-2H3,(H,98,103)/b7-5-,13-11-,19-17-,25-23-,31-29-,36-35-,39-38-. The quantitative estimate of drug-likeness (QED) is 0.0199. The molecule has 0 saturated carbocycles. The lowest BCUT2D eigenvalue weighted by atomic mass is 9.96. The van der Waals surface area contributed by atoms with E-state index in [2.05, 4.69) is 104 Å². The topological polar surface area (TPSA) is 307 Å². The Labute approximate surface area is 705 Å². The molecular formula is C97H175NO18. The first-order chi connectivity index (χ1) is 56.8. The average molecular weight is 1640 g/mol. The number of allylic oxidation sites excluding steroid dienone is 14. The molecule has 1 amide bonds. The molecule has 0 aromatic carbocycles. The molecule has 116 heavy (non-hydrogen) atoms. The molecule has 19 heteroatoms. The van der Waals surface area contributed by atoms with Crippen molar-refractivity contribution in [2.24, 2.45) is 0 Å².